The maximum Gasteiger partial charge on any atom is 0.224 e. The van der Waals surface area contributed by atoms with Crippen LogP contribution >= 0.6 is 0 Å². The van der Waals surface area contributed by atoms with E-state index in [1.165, 1.54) is 13.0 Å². The molecule has 2 aromatic rings. The van der Waals surface area contributed by atoms with E-state index in [1.807, 2.05) is 0 Å². The third-order valence-corrected chi connectivity index (χ3v) is 3.09. The van der Waals surface area contributed by atoms with Crippen molar-refractivity contribution < 1.29 is 18.4 Å². The van der Waals surface area contributed by atoms with Crippen molar-refractivity contribution in [2.75, 3.05) is 10.6 Å². The van der Waals surface area contributed by atoms with Crippen LogP contribution in [-0.4, -0.2) is 11.8 Å². The van der Waals surface area contributed by atoms with Crippen LogP contribution in [0.25, 0.3) is 0 Å². The molecule has 2 rings (SSSR count). The second-order valence-corrected chi connectivity index (χ2v) is 5.06. The number of halogens is 2. The Balaban J connectivity index is 1.91. The van der Waals surface area contributed by atoms with Crippen LogP contribution < -0.4 is 10.6 Å². The van der Waals surface area contributed by atoms with Crippen molar-refractivity contribution in [1.29, 1.82) is 0 Å². The first-order valence-electron chi connectivity index (χ1n) is 7.05. The maximum atomic E-state index is 13.1. The van der Waals surface area contributed by atoms with Crippen LogP contribution in [0, 0.1) is 11.6 Å². The quantitative estimate of drug-likeness (QED) is 0.886. The second kappa shape index (κ2) is 7.49. The fourth-order valence-electron chi connectivity index (χ4n) is 2.05. The first-order chi connectivity index (χ1) is 10.9. The van der Waals surface area contributed by atoms with Gasteiger partial charge in [0.05, 0.1) is 0 Å². The molecule has 0 spiro atoms. The summed E-state index contributed by atoms with van der Waals surface area (Å²) in [5.41, 5.74) is 1.67. The number of carbonyl (C=O) groups is 2. The number of hydrogen-bond acceptors (Lipinski definition) is 2. The lowest BCUT2D eigenvalue weighted by atomic mass is 10.1. The van der Waals surface area contributed by atoms with Gasteiger partial charge in [-0.3, -0.25) is 9.59 Å². The summed E-state index contributed by atoms with van der Waals surface area (Å²) in [7, 11) is 0. The van der Waals surface area contributed by atoms with Gasteiger partial charge < -0.3 is 10.6 Å². The minimum atomic E-state index is -0.925. The van der Waals surface area contributed by atoms with Crippen LogP contribution in [0.1, 0.15) is 18.9 Å². The largest absolute Gasteiger partial charge is 0.326 e. The number of nitrogens with one attached hydrogen (secondary N) is 2. The number of rotatable bonds is 5. The van der Waals surface area contributed by atoms with Gasteiger partial charge in [0.2, 0.25) is 11.8 Å². The first kappa shape index (κ1) is 16.6. The van der Waals surface area contributed by atoms with Crippen molar-refractivity contribution in [2.45, 2.75) is 19.8 Å². The maximum absolute atomic E-state index is 13.1. The number of anilines is 2. The zero-order valence-corrected chi connectivity index (χ0v) is 12.5. The van der Waals surface area contributed by atoms with E-state index in [0.29, 0.717) is 23.4 Å². The van der Waals surface area contributed by atoms with Crippen molar-refractivity contribution in [3.63, 3.8) is 0 Å². The first-order valence-corrected chi connectivity index (χ1v) is 7.05. The molecule has 6 heteroatoms. The van der Waals surface area contributed by atoms with Crippen molar-refractivity contribution in [3.05, 3.63) is 59.7 Å². The molecule has 0 aromatic heterocycles. The molecule has 0 unspecified atom stereocenters. The molecule has 0 saturated heterocycles. The van der Waals surface area contributed by atoms with E-state index in [-0.39, 0.29) is 18.2 Å². The third kappa shape index (κ3) is 5.18. The van der Waals surface area contributed by atoms with Crippen LogP contribution in [0.15, 0.2) is 42.5 Å². The van der Waals surface area contributed by atoms with Crippen molar-refractivity contribution in [1.82, 2.24) is 0 Å². The Labute approximate surface area is 132 Å². The molecular formula is C17H16F2N2O2. The average molecular weight is 318 g/mol. The van der Waals surface area contributed by atoms with Gasteiger partial charge >= 0.3 is 0 Å². The summed E-state index contributed by atoms with van der Waals surface area (Å²) >= 11 is 0. The van der Waals surface area contributed by atoms with Gasteiger partial charge in [0, 0.05) is 24.7 Å². The highest BCUT2D eigenvalue weighted by atomic mass is 19.2. The van der Waals surface area contributed by atoms with Crippen LogP contribution in [0.5, 0.6) is 0 Å². The molecular weight excluding hydrogens is 302 g/mol. The Bertz CT molecular complexity index is 732. The summed E-state index contributed by atoms with van der Waals surface area (Å²) in [6.45, 7) is 1.40. The minimum Gasteiger partial charge on any atom is -0.326 e. The smallest absolute Gasteiger partial charge is 0.224 e. The summed E-state index contributed by atoms with van der Waals surface area (Å²) in [6.07, 6.45) is 0.434. The van der Waals surface area contributed by atoms with E-state index in [1.54, 1.807) is 24.3 Å². The van der Waals surface area contributed by atoms with Gasteiger partial charge in [-0.25, -0.2) is 8.78 Å². The molecule has 0 aliphatic carbocycles. The predicted octanol–water partition coefficient (Wildman–Crippen LogP) is 3.49. The van der Waals surface area contributed by atoms with Crippen molar-refractivity contribution >= 4 is 23.2 Å². The average Bonchev–Trinajstić information content (AvgIpc) is 2.48. The Morgan fingerprint density at radius 3 is 2.30 bits per heavy atom. The number of hydrogen-bond donors (Lipinski definition) is 2. The lowest BCUT2D eigenvalue weighted by Gasteiger charge is -2.08. The highest BCUT2D eigenvalue weighted by Gasteiger charge is 2.07. The van der Waals surface area contributed by atoms with E-state index < -0.39 is 11.6 Å². The molecule has 2 aromatic carbocycles. The predicted molar refractivity (Wildman–Crippen MR) is 84.1 cm³/mol. The summed E-state index contributed by atoms with van der Waals surface area (Å²) in [4.78, 5) is 22.9. The second-order valence-electron chi connectivity index (χ2n) is 5.06. The van der Waals surface area contributed by atoms with Crippen molar-refractivity contribution in [3.8, 4) is 0 Å². The molecule has 2 N–H and O–H groups in total. The molecule has 2 amide bonds. The van der Waals surface area contributed by atoms with Gasteiger partial charge in [0.25, 0.3) is 0 Å². The zero-order chi connectivity index (χ0) is 16.8. The van der Waals surface area contributed by atoms with Gasteiger partial charge in [-0.1, -0.05) is 12.1 Å². The summed E-state index contributed by atoms with van der Waals surface area (Å²) < 4.78 is 25.9. The van der Waals surface area contributed by atoms with Gasteiger partial charge in [-0.15, -0.1) is 0 Å². The molecule has 0 saturated carbocycles. The van der Waals surface area contributed by atoms with Gasteiger partial charge in [-0.05, 0) is 42.3 Å². The van der Waals surface area contributed by atoms with Gasteiger partial charge in [0.15, 0.2) is 11.6 Å². The van der Waals surface area contributed by atoms with E-state index in [0.717, 1.165) is 12.1 Å². The molecule has 0 radical (unpaired) electrons. The Hall–Kier alpha value is -2.76. The van der Waals surface area contributed by atoms with Crippen LogP contribution in [-0.2, 0) is 16.0 Å². The molecule has 0 atom stereocenters. The van der Waals surface area contributed by atoms with E-state index >= 15 is 0 Å². The Kier molecular flexibility index (Phi) is 5.41. The van der Waals surface area contributed by atoms with Crippen molar-refractivity contribution in [2.24, 2.45) is 0 Å². The molecule has 0 aliphatic rings. The Morgan fingerprint density at radius 2 is 1.65 bits per heavy atom. The standard InChI is InChI=1S/C17H16F2N2O2/c1-11(22)20-13-3-2-4-14(10-13)21-17(23)8-6-12-5-7-15(18)16(19)9-12/h2-5,7,9-10H,6,8H2,1H3,(H,20,22)(H,21,23). The normalized spacial score (nSPS) is 10.2. The highest BCUT2D eigenvalue weighted by Crippen LogP contribution is 2.16. The number of aryl methyl sites for hydroxylation is 1. The van der Waals surface area contributed by atoms with Crippen LogP contribution in [0.2, 0.25) is 0 Å². The van der Waals surface area contributed by atoms with E-state index in [9.17, 15) is 18.4 Å². The molecule has 0 heterocycles. The number of benzene rings is 2. The highest BCUT2D eigenvalue weighted by molar-refractivity contribution is 5.93. The summed E-state index contributed by atoms with van der Waals surface area (Å²) in [5.74, 6) is -2.29. The molecule has 23 heavy (non-hydrogen) atoms. The van der Waals surface area contributed by atoms with Crippen LogP contribution in [0.3, 0.4) is 0 Å². The van der Waals surface area contributed by atoms with Gasteiger partial charge in [-0.2, -0.15) is 0 Å². The molecule has 4 nitrogen and oxygen atoms in total. The van der Waals surface area contributed by atoms with E-state index in [2.05, 4.69) is 10.6 Å². The number of amides is 2. The summed E-state index contributed by atoms with van der Waals surface area (Å²) in [5, 5.41) is 5.31. The van der Waals surface area contributed by atoms with Crippen LogP contribution in [0.4, 0.5) is 20.2 Å². The lowest BCUT2D eigenvalue weighted by molar-refractivity contribution is -0.116. The molecule has 0 fully saturated rings. The fraction of sp³-hybridized carbons (Fsp3) is 0.176. The SMILES string of the molecule is CC(=O)Nc1cccc(NC(=O)CCc2ccc(F)c(F)c2)c1. The number of carbonyl (C=O) groups excluding carboxylic acids is 2. The fourth-order valence-corrected chi connectivity index (χ4v) is 2.05. The minimum absolute atomic E-state index is 0.134. The molecule has 0 aliphatic heterocycles. The van der Waals surface area contributed by atoms with Gasteiger partial charge in [0.1, 0.15) is 0 Å². The molecule has 0 bridgehead atoms. The lowest BCUT2D eigenvalue weighted by Crippen LogP contribution is -2.13. The van der Waals surface area contributed by atoms with E-state index in [4.69, 9.17) is 0 Å². The topological polar surface area (TPSA) is 58.2 Å². The zero-order valence-electron chi connectivity index (χ0n) is 12.5. The molecule has 120 valence electrons. The summed E-state index contributed by atoms with van der Waals surface area (Å²) in [6, 6.07) is 10.3. The Morgan fingerprint density at radius 1 is 0.957 bits per heavy atom. The monoisotopic (exact) mass is 318 g/mol. The third-order valence-electron chi connectivity index (χ3n) is 3.09.